The number of carbonyl (C=O) groups is 2. The molecule has 1 aromatic heterocycles. The highest BCUT2D eigenvalue weighted by molar-refractivity contribution is 7.80. The molecule has 6 nitrogen and oxygen atoms in total. The van der Waals surface area contributed by atoms with Crippen molar-refractivity contribution < 1.29 is 9.59 Å². The van der Waals surface area contributed by atoms with Crippen LogP contribution in [0.1, 0.15) is 12.8 Å². The Kier molecular flexibility index (Phi) is 8.41. The Labute approximate surface area is 124 Å². The van der Waals surface area contributed by atoms with E-state index in [1.807, 2.05) is 0 Å². The maximum atomic E-state index is 11.5. The molecule has 7 heteroatoms. The molecule has 20 heavy (non-hydrogen) atoms. The largest absolute Gasteiger partial charge is 0.348 e. The van der Waals surface area contributed by atoms with Gasteiger partial charge in [0.2, 0.25) is 0 Å². The third-order valence-corrected chi connectivity index (χ3v) is 2.70. The first-order valence-corrected chi connectivity index (χ1v) is 7.18. The molecule has 1 aromatic rings. The fourth-order valence-corrected chi connectivity index (χ4v) is 1.64. The SMILES string of the molecule is O=C(NCCCCNCCS)C(=O)Nc1cccnc1. The molecule has 3 N–H and O–H groups in total. The van der Waals surface area contributed by atoms with E-state index in [0.717, 1.165) is 31.7 Å². The number of aromatic nitrogens is 1. The third kappa shape index (κ3) is 7.10. The van der Waals surface area contributed by atoms with E-state index in [0.29, 0.717) is 12.2 Å². The quantitative estimate of drug-likeness (QED) is 0.319. The lowest BCUT2D eigenvalue weighted by molar-refractivity contribution is -0.136. The average Bonchev–Trinajstić information content (AvgIpc) is 2.47. The third-order valence-electron chi connectivity index (χ3n) is 2.48. The first kappa shape index (κ1) is 16.5. The summed E-state index contributed by atoms with van der Waals surface area (Å²) < 4.78 is 0. The van der Waals surface area contributed by atoms with Crippen LogP contribution in [0.3, 0.4) is 0 Å². The van der Waals surface area contributed by atoms with Crippen LogP contribution >= 0.6 is 12.6 Å². The van der Waals surface area contributed by atoms with Crippen LogP contribution in [0.2, 0.25) is 0 Å². The van der Waals surface area contributed by atoms with Gasteiger partial charge in [-0.3, -0.25) is 14.6 Å². The van der Waals surface area contributed by atoms with Gasteiger partial charge >= 0.3 is 11.8 Å². The van der Waals surface area contributed by atoms with Crippen LogP contribution < -0.4 is 16.0 Å². The van der Waals surface area contributed by atoms with Crippen LogP contribution in [0.5, 0.6) is 0 Å². The Morgan fingerprint density at radius 1 is 1.15 bits per heavy atom. The zero-order valence-electron chi connectivity index (χ0n) is 11.3. The molecule has 0 atom stereocenters. The molecule has 2 amide bonds. The average molecular weight is 296 g/mol. The predicted molar refractivity (Wildman–Crippen MR) is 81.8 cm³/mol. The number of hydrogen-bond acceptors (Lipinski definition) is 5. The van der Waals surface area contributed by atoms with Crippen molar-refractivity contribution in [2.24, 2.45) is 0 Å². The predicted octanol–water partition coefficient (Wildman–Crippen LogP) is 0.436. The van der Waals surface area contributed by atoms with E-state index in [-0.39, 0.29) is 0 Å². The van der Waals surface area contributed by atoms with Crippen LogP contribution in [-0.2, 0) is 9.59 Å². The Morgan fingerprint density at radius 2 is 1.95 bits per heavy atom. The van der Waals surface area contributed by atoms with E-state index in [2.05, 4.69) is 33.6 Å². The Balaban J connectivity index is 2.11. The van der Waals surface area contributed by atoms with Gasteiger partial charge in [-0.15, -0.1) is 0 Å². The summed E-state index contributed by atoms with van der Waals surface area (Å²) in [6.07, 6.45) is 4.85. The second kappa shape index (κ2) is 10.2. The molecule has 0 spiro atoms. The minimum atomic E-state index is -0.675. The number of rotatable bonds is 8. The zero-order valence-corrected chi connectivity index (χ0v) is 12.2. The van der Waals surface area contributed by atoms with Gasteiger partial charge < -0.3 is 16.0 Å². The molecule has 0 unspecified atom stereocenters. The van der Waals surface area contributed by atoms with Gasteiger partial charge in [-0.25, -0.2) is 0 Å². The summed E-state index contributed by atoms with van der Waals surface area (Å²) in [5.74, 6) is -0.492. The second-order valence-corrected chi connectivity index (χ2v) is 4.58. The van der Waals surface area contributed by atoms with Crippen LogP contribution in [0.4, 0.5) is 5.69 Å². The molecule has 0 fully saturated rings. The maximum Gasteiger partial charge on any atom is 0.313 e. The van der Waals surface area contributed by atoms with Crippen LogP contribution in [0, 0.1) is 0 Å². The molecule has 0 saturated heterocycles. The molecule has 0 aliphatic carbocycles. The highest BCUT2D eigenvalue weighted by Gasteiger charge is 2.12. The molecule has 0 radical (unpaired) electrons. The Morgan fingerprint density at radius 3 is 2.65 bits per heavy atom. The number of thiol groups is 1. The first-order chi connectivity index (χ1) is 9.74. The van der Waals surface area contributed by atoms with Crippen molar-refractivity contribution in [3.05, 3.63) is 24.5 Å². The van der Waals surface area contributed by atoms with E-state index >= 15 is 0 Å². The number of unbranched alkanes of at least 4 members (excludes halogenated alkanes) is 1. The monoisotopic (exact) mass is 296 g/mol. The van der Waals surface area contributed by atoms with Crippen molar-refractivity contribution in [2.45, 2.75) is 12.8 Å². The van der Waals surface area contributed by atoms with Gasteiger partial charge in [0.15, 0.2) is 0 Å². The van der Waals surface area contributed by atoms with Crippen molar-refractivity contribution in [1.29, 1.82) is 0 Å². The Bertz CT molecular complexity index is 414. The number of amides is 2. The van der Waals surface area contributed by atoms with Gasteiger partial charge in [0, 0.05) is 25.0 Å². The number of pyridine rings is 1. The number of nitrogens with one attached hydrogen (secondary N) is 3. The molecule has 0 aromatic carbocycles. The summed E-state index contributed by atoms with van der Waals surface area (Å²) in [4.78, 5) is 26.9. The van der Waals surface area contributed by atoms with E-state index in [4.69, 9.17) is 0 Å². The minimum absolute atomic E-state index is 0.488. The van der Waals surface area contributed by atoms with Crippen LogP contribution in [0.25, 0.3) is 0 Å². The summed E-state index contributed by atoms with van der Waals surface area (Å²) in [6.45, 7) is 2.25. The van der Waals surface area contributed by atoms with Crippen molar-refractivity contribution >= 4 is 30.1 Å². The summed E-state index contributed by atoms with van der Waals surface area (Å²) in [6, 6.07) is 3.36. The normalized spacial score (nSPS) is 10.1. The maximum absolute atomic E-state index is 11.5. The highest BCUT2D eigenvalue weighted by atomic mass is 32.1. The molecule has 1 rings (SSSR count). The fourth-order valence-electron chi connectivity index (χ4n) is 1.49. The van der Waals surface area contributed by atoms with Crippen molar-refractivity contribution in [2.75, 3.05) is 30.7 Å². The molecular weight excluding hydrogens is 276 g/mol. The number of carbonyl (C=O) groups excluding carboxylic acids is 2. The topological polar surface area (TPSA) is 83.1 Å². The fraction of sp³-hybridized carbons (Fsp3) is 0.462. The van der Waals surface area contributed by atoms with Gasteiger partial charge in [0.25, 0.3) is 0 Å². The highest BCUT2D eigenvalue weighted by Crippen LogP contribution is 2.01. The number of hydrogen-bond donors (Lipinski definition) is 4. The molecule has 0 saturated carbocycles. The standard InChI is InChI=1S/C13H20N4O2S/c18-12(16-7-2-1-5-14-8-9-20)13(19)17-11-4-3-6-15-10-11/h3-4,6,10,14,20H,1-2,5,7-9H2,(H,16,18)(H,17,19). The molecule has 0 aliphatic heterocycles. The zero-order chi connectivity index (χ0) is 14.6. The van der Waals surface area contributed by atoms with Crippen molar-refractivity contribution in [3.63, 3.8) is 0 Å². The van der Waals surface area contributed by atoms with E-state index in [9.17, 15) is 9.59 Å². The van der Waals surface area contributed by atoms with Gasteiger partial charge in [-0.1, -0.05) is 0 Å². The lowest BCUT2D eigenvalue weighted by Crippen LogP contribution is -2.36. The molecule has 0 bridgehead atoms. The molecule has 0 aliphatic rings. The second-order valence-electron chi connectivity index (χ2n) is 4.13. The Hall–Kier alpha value is -1.60. The molecule has 1 heterocycles. The minimum Gasteiger partial charge on any atom is -0.348 e. The number of anilines is 1. The summed E-state index contributed by atoms with van der Waals surface area (Å²) in [5, 5.41) is 8.26. The molecule has 110 valence electrons. The summed E-state index contributed by atoms with van der Waals surface area (Å²) >= 11 is 4.09. The summed E-state index contributed by atoms with van der Waals surface area (Å²) in [7, 11) is 0. The number of nitrogens with zero attached hydrogens (tertiary/aromatic N) is 1. The van der Waals surface area contributed by atoms with E-state index in [1.54, 1.807) is 18.3 Å². The van der Waals surface area contributed by atoms with Crippen molar-refractivity contribution in [3.8, 4) is 0 Å². The van der Waals surface area contributed by atoms with E-state index in [1.165, 1.54) is 6.20 Å². The lowest BCUT2D eigenvalue weighted by Gasteiger charge is -2.06. The smallest absolute Gasteiger partial charge is 0.313 e. The van der Waals surface area contributed by atoms with Gasteiger partial charge in [-0.05, 0) is 31.5 Å². The first-order valence-electron chi connectivity index (χ1n) is 6.55. The lowest BCUT2D eigenvalue weighted by atomic mass is 10.3. The van der Waals surface area contributed by atoms with Crippen molar-refractivity contribution in [1.82, 2.24) is 15.6 Å². The van der Waals surface area contributed by atoms with Crippen LogP contribution in [0.15, 0.2) is 24.5 Å². The van der Waals surface area contributed by atoms with Gasteiger partial charge in [0.1, 0.15) is 0 Å². The van der Waals surface area contributed by atoms with Gasteiger partial charge in [0.05, 0.1) is 11.9 Å². The van der Waals surface area contributed by atoms with Gasteiger partial charge in [-0.2, -0.15) is 12.6 Å². The van der Waals surface area contributed by atoms with E-state index < -0.39 is 11.8 Å². The van der Waals surface area contributed by atoms with Crippen LogP contribution in [-0.4, -0.2) is 42.2 Å². The summed E-state index contributed by atoms with van der Waals surface area (Å²) in [5.41, 5.74) is 0.503. The molecular formula is C13H20N4O2S.